The zero-order valence-corrected chi connectivity index (χ0v) is 18.3. The molecule has 2 aromatic carbocycles. The van der Waals surface area contributed by atoms with Crippen molar-refractivity contribution in [2.75, 3.05) is 11.9 Å². The minimum absolute atomic E-state index is 0.185. The van der Waals surface area contributed by atoms with Crippen molar-refractivity contribution >= 4 is 63.7 Å². The fourth-order valence-electron chi connectivity index (χ4n) is 2.30. The summed E-state index contributed by atoms with van der Waals surface area (Å²) in [5.41, 5.74) is 2.11. The molecule has 0 heterocycles. The van der Waals surface area contributed by atoms with Gasteiger partial charge in [-0.2, -0.15) is 0 Å². The van der Waals surface area contributed by atoms with Crippen LogP contribution in [-0.4, -0.2) is 27.6 Å². The number of alkyl halides is 3. The molecule has 0 saturated heterocycles. The molecule has 0 aliphatic heterocycles. The highest BCUT2D eigenvalue weighted by Crippen LogP contribution is 2.29. The van der Waals surface area contributed by atoms with Crippen LogP contribution < -0.4 is 20.7 Å². The Labute approximate surface area is 184 Å². The second-order valence-electron chi connectivity index (χ2n) is 5.87. The number of thiocarbonyl (C=S) groups is 1. The first-order chi connectivity index (χ1) is 13.2. The van der Waals surface area contributed by atoms with Gasteiger partial charge in [0.05, 0.1) is 6.61 Å². The van der Waals surface area contributed by atoms with Crippen molar-refractivity contribution in [2.24, 2.45) is 0 Å². The van der Waals surface area contributed by atoms with Crippen LogP contribution in [0.15, 0.2) is 48.5 Å². The van der Waals surface area contributed by atoms with Gasteiger partial charge in [0, 0.05) is 11.3 Å². The quantitative estimate of drug-likeness (QED) is 0.328. The first-order valence-corrected chi connectivity index (χ1v) is 9.98. The second kappa shape index (κ2) is 10.2. The smallest absolute Gasteiger partial charge is 0.252 e. The summed E-state index contributed by atoms with van der Waals surface area (Å²) in [6.07, 6.45) is -1.05. The van der Waals surface area contributed by atoms with Gasteiger partial charge in [-0.05, 0) is 62.5 Å². The Kier molecular flexibility index (Phi) is 8.19. The predicted molar refractivity (Wildman–Crippen MR) is 120 cm³/mol. The first-order valence-electron chi connectivity index (χ1n) is 8.43. The Morgan fingerprint density at radius 1 is 1.14 bits per heavy atom. The number of carbonyl (C=O) groups is 1. The summed E-state index contributed by atoms with van der Waals surface area (Å²) in [5.74, 6) is 0.355. The number of aryl methyl sites for hydroxylation is 1. The average Bonchev–Trinajstić information content (AvgIpc) is 2.62. The topological polar surface area (TPSA) is 62.4 Å². The standard InChI is InChI=1S/C19H20Cl3N3O2S/c1-3-27-15-9-7-14(8-10-15)23-18(28)25-17(19(20,21)22)24-16(26)13-6-4-5-12(2)11-13/h4-11,17H,3H2,1-2H3,(H,24,26)(H2,23,25,28)/t17-/m1/s1. The molecule has 28 heavy (non-hydrogen) atoms. The van der Waals surface area contributed by atoms with Crippen LogP contribution in [0.3, 0.4) is 0 Å². The van der Waals surface area contributed by atoms with Crippen LogP contribution in [0.25, 0.3) is 0 Å². The number of amides is 1. The molecule has 0 aliphatic rings. The van der Waals surface area contributed by atoms with Gasteiger partial charge >= 0.3 is 0 Å². The zero-order chi connectivity index (χ0) is 20.7. The van der Waals surface area contributed by atoms with E-state index in [2.05, 4.69) is 16.0 Å². The number of hydrogen-bond donors (Lipinski definition) is 3. The third-order valence-electron chi connectivity index (χ3n) is 3.58. The van der Waals surface area contributed by atoms with Crippen molar-refractivity contribution < 1.29 is 9.53 Å². The molecule has 0 aromatic heterocycles. The van der Waals surface area contributed by atoms with Gasteiger partial charge in [-0.3, -0.25) is 4.79 Å². The van der Waals surface area contributed by atoms with Crippen LogP contribution in [-0.2, 0) is 0 Å². The molecule has 0 aliphatic carbocycles. The molecular weight excluding hydrogens is 441 g/mol. The van der Waals surface area contributed by atoms with Crippen LogP contribution in [0.2, 0.25) is 0 Å². The van der Waals surface area contributed by atoms with Gasteiger partial charge in [-0.25, -0.2) is 0 Å². The van der Waals surface area contributed by atoms with E-state index in [1.807, 2.05) is 19.9 Å². The number of nitrogens with one attached hydrogen (secondary N) is 3. The fraction of sp³-hybridized carbons (Fsp3) is 0.263. The Bertz CT molecular complexity index is 826. The van der Waals surface area contributed by atoms with E-state index >= 15 is 0 Å². The number of ether oxygens (including phenoxy) is 1. The molecule has 2 aromatic rings. The van der Waals surface area contributed by atoms with Gasteiger partial charge in [0.2, 0.25) is 3.79 Å². The molecule has 0 bridgehead atoms. The van der Waals surface area contributed by atoms with E-state index in [4.69, 9.17) is 51.8 Å². The minimum atomic E-state index is -1.83. The lowest BCUT2D eigenvalue weighted by atomic mass is 10.1. The lowest BCUT2D eigenvalue weighted by Crippen LogP contribution is -2.56. The highest BCUT2D eigenvalue weighted by atomic mass is 35.6. The van der Waals surface area contributed by atoms with Crippen LogP contribution in [0.5, 0.6) is 5.75 Å². The molecule has 1 atom stereocenters. The molecule has 5 nitrogen and oxygen atoms in total. The van der Waals surface area contributed by atoms with Crippen LogP contribution >= 0.6 is 47.0 Å². The van der Waals surface area contributed by atoms with Crippen molar-refractivity contribution in [1.82, 2.24) is 10.6 Å². The lowest BCUT2D eigenvalue weighted by molar-refractivity contribution is 0.0934. The first kappa shape index (κ1) is 22.6. The molecule has 2 rings (SSSR count). The molecule has 1 amide bonds. The highest BCUT2D eigenvalue weighted by Gasteiger charge is 2.34. The third kappa shape index (κ3) is 7.02. The molecule has 0 unspecified atom stereocenters. The molecule has 0 spiro atoms. The minimum Gasteiger partial charge on any atom is -0.494 e. The van der Waals surface area contributed by atoms with E-state index in [0.29, 0.717) is 17.9 Å². The van der Waals surface area contributed by atoms with Gasteiger partial charge in [-0.1, -0.05) is 52.5 Å². The van der Waals surface area contributed by atoms with Crippen molar-refractivity contribution in [2.45, 2.75) is 23.8 Å². The van der Waals surface area contributed by atoms with Crippen molar-refractivity contribution in [1.29, 1.82) is 0 Å². The van der Waals surface area contributed by atoms with Gasteiger partial charge in [0.1, 0.15) is 11.9 Å². The lowest BCUT2D eigenvalue weighted by Gasteiger charge is -2.27. The number of rotatable bonds is 6. The molecule has 9 heteroatoms. The summed E-state index contributed by atoms with van der Waals surface area (Å²) in [6.45, 7) is 4.38. The molecular formula is C19H20Cl3N3O2S. The molecule has 3 N–H and O–H groups in total. The summed E-state index contributed by atoms with van der Waals surface area (Å²) < 4.78 is 3.56. The Morgan fingerprint density at radius 2 is 1.82 bits per heavy atom. The van der Waals surface area contributed by atoms with E-state index in [-0.39, 0.29) is 5.11 Å². The van der Waals surface area contributed by atoms with E-state index in [1.54, 1.807) is 42.5 Å². The Morgan fingerprint density at radius 3 is 2.39 bits per heavy atom. The maximum Gasteiger partial charge on any atom is 0.252 e. The number of anilines is 1. The largest absolute Gasteiger partial charge is 0.494 e. The van der Waals surface area contributed by atoms with Crippen LogP contribution in [0.1, 0.15) is 22.8 Å². The van der Waals surface area contributed by atoms with E-state index < -0.39 is 15.9 Å². The van der Waals surface area contributed by atoms with Crippen molar-refractivity contribution in [3.8, 4) is 5.75 Å². The summed E-state index contributed by atoms with van der Waals surface area (Å²) in [5, 5.41) is 8.63. The zero-order valence-electron chi connectivity index (χ0n) is 15.3. The van der Waals surface area contributed by atoms with Gasteiger partial charge < -0.3 is 20.7 Å². The van der Waals surface area contributed by atoms with Gasteiger partial charge in [0.15, 0.2) is 5.11 Å². The van der Waals surface area contributed by atoms with E-state index in [0.717, 1.165) is 11.3 Å². The summed E-state index contributed by atoms with van der Waals surface area (Å²) in [4.78, 5) is 12.5. The third-order valence-corrected chi connectivity index (χ3v) is 4.46. The summed E-state index contributed by atoms with van der Waals surface area (Å²) in [6, 6.07) is 14.3. The fourth-order valence-corrected chi connectivity index (χ4v) is 2.86. The predicted octanol–water partition coefficient (Wildman–Crippen LogP) is 4.81. The van der Waals surface area contributed by atoms with Crippen molar-refractivity contribution in [3.63, 3.8) is 0 Å². The van der Waals surface area contributed by atoms with E-state index in [1.165, 1.54) is 0 Å². The molecule has 150 valence electrons. The SMILES string of the molecule is CCOc1ccc(NC(=S)N[C@@H](NC(=O)c2cccc(C)c2)C(Cl)(Cl)Cl)cc1. The number of carbonyl (C=O) groups excluding carboxylic acids is 1. The highest BCUT2D eigenvalue weighted by molar-refractivity contribution is 7.80. The second-order valence-corrected chi connectivity index (χ2v) is 8.65. The maximum atomic E-state index is 12.5. The van der Waals surface area contributed by atoms with Crippen molar-refractivity contribution in [3.05, 3.63) is 59.7 Å². The monoisotopic (exact) mass is 459 g/mol. The van der Waals surface area contributed by atoms with E-state index in [9.17, 15) is 4.79 Å². The van der Waals surface area contributed by atoms with Gasteiger partial charge in [0.25, 0.3) is 5.91 Å². The molecule has 0 radical (unpaired) electrons. The summed E-state index contributed by atoms with van der Waals surface area (Å²) in [7, 11) is 0. The molecule has 0 fully saturated rings. The Hall–Kier alpha value is -1.73. The summed E-state index contributed by atoms with van der Waals surface area (Å²) >= 11 is 23.3. The maximum absolute atomic E-state index is 12.5. The van der Waals surface area contributed by atoms with Gasteiger partial charge in [-0.15, -0.1) is 0 Å². The Balaban J connectivity index is 2.03. The normalized spacial score (nSPS) is 12.0. The number of benzene rings is 2. The van der Waals surface area contributed by atoms with Crippen LogP contribution in [0, 0.1) is 6.92 Å². The number of hydrogen-bond acceptors (Lipinski definition) is 3. The average molecular weight is 461 g/mol. The number of halogens is 3. The van der Waals surface area contributed by atoms with Crippen LogP contribution in [0.4, 0.5) is 5.69 Å². The molecule has 0 saturated carbocycles.